The van der Waals surface area contributed by atoms with E-state index in [1.807, 2.05) is 43.8 Å². The van der Waals surface area contributed by atoms with E-state index in [0.717, 1.165) is 38.4 Å². The van der Waals surface area contributed by atoms with Crippen molar-refractivity contribution in [1.29, 1.82) is 0 Å². The van der Waals surface area contributed by atoms with Crippen LogP contribution in [-0.2, 0) is 7.05 Å². The lowest BCUT2D eigenvalue weighted by molar-refractivity contribution is 0.768. The first-order valence-corrected chi connectivity index (χ1v) is 8.34. The molecule has 0 aliphatic heterocycles. The summed E-state index contributed by atoms with van der Waals surface area (Å²) in [4.78, 5) is 9.18. The quantitative estimate of drug-likeness (QED) is 0.497. The molecule has 0 aliphatic carbocycles. The summed E-state index contributed by atoms with van der Waals surface area (Å²) in [5.41, 5.74) is 5.63. The van der Waals surface area contributed by atoms with Crippen LogP contribution in [0.3, 0.4) is 0 Å². The van der Waals surface area contributed by atoms with Crippen LogP contribution in [0.25, 0.3) is 38.4 Å². The zero-order valence-corrected chi connectivity index (χ0v) is 13.6. The number of rotatable bonds is 2. The average Bonchev–Trinajstić information content (AvgIpc) is 3.30. The fourth-order valence-corrected chi connectivity index (χ4v) is 3.66. The Morgan fingerprint density at radius 2 is 2.12 bits per heavy atom. The zero-order valence-electron chi connectivity index (χ0n) is 12.8. The van der Waals surface area contributed by atoms with E-state index in [1.165, 1.54) is 0 Å². The zero-order chi connectivity index (χ0) is 16.1. The summed E-state index contributed by atoms with van der Waals surface area (Å²) in [6.07, 6.45) is 7.46. The largest absolute Gasteiger partial charge is 0.275 e. The molecule has 7 heteroatoms. The molecule has 0 radical (unpaired) electrons. The van der Waals surface area contributed by atoms with Crippen LogP contribution in [0.2, 0.25) is 0 Å². The predicted molar refractivity (Wildman–Crippen MR) is 93.8 cm³/mol. The minimum Gasteiger partial charge on any atom is -0.275 e. The highest BCUT2D eigenvalue weighted by atomic mass is 32.1. The minimum absolute atomic E-state index is 0.829. The molecule has 5 aromatic rings. The van der Waals surface area contributed by atoms with Gasteiger partial charge in [-0.05, 0) is 18.2 Å². The Labute approximate surface area is 141 Å². The number of pyridine rings is 1. The van der Waals surface area contributed by atoms with Crippen LogP contribution in [0.15, 0.2) is 54.4 Å². The van der Waals surface area contributed by atoms with Crippen LogP contribution < -0.4 is 0 Å². The van der Waals surface area contributed by atoms with Crippen LogP contribution in [0.4, 0.5) is 0 Å². The first-order valence-electron chi connectivity index (χ1n) is 7.46. The van der Waals surface area contributed by atoms with Crippen LogP contribution >= 0.6 is 11.3 Å². The third kappa shape index (κ3) is 2.02. The molecule has 0 saturated carbocycles. The Hall–Kier alpha value is -3.06. The molecule has 0 N–H and O–H groups in total. The Morgan fingerprint density at radius 3 is 2.96 bits per heavy atom. The number of hydrogen-bond donors (Lipinski definition) is 0. The second-order valence-corrected chi connectivity index (χ2v) is 6.46. The molecule has 24 heavy (non-hydrogen) atoms. The van der Waals surface area contributed by atoms with Gasteiger partial charge in [0, 0.05) is 48.2 Å². The van der Waals surface area contributed by atoms with Crippen LogP contribution in [0.1, 0.15) is 0 Å². The lowest BCUT2D eigenvalue weighted by Gasteiger charge is -1.99. The van der Waals surface area contributed by atoms with Gasteiger partial charge >= 0.3 is 0 Å². The lowest BCUT2D eigenvalue weighted by Crippen LogP contribution is -1.88. The van der Waals surface area contributed by atoms with Crippen LogP contribution in [-0.4, -0.2) is 29.4 Å². The summed E-state index contributed by atoms with van der Waals surface area (Å²) in [5, 5.41) is 10.9. The van der Waals surface area contributed by atoms with E-state index in [9.17, 15) is 0 Å². The Kier molecular flexibility index (Phi) is 2.77. The van der Waals surface area contributed by atoms with Gasteiger partial charge in [0.05, 0.1) is 27.8 Å². The molecule has 116 valence electrons. The molecule has 5 heterocycles. The maximum atomic E-state index is 4.85. The molecule has 0 bridgehead atoms. The van der Waals surface area contributed by atoms with Gasteiger partial charge in [-0.1, -0.05) is 0 Å². The van der Waals surface area contributed by atoms with E-state index < -0.39 is 0 Å². The second-order valence-electron chi connectivity index (χ2n) is 5.55. The van der Waals surface area contributed by atoms with Gasteiger partial charge in [0.25, 0.3) is 0 Å². The SMILES string of the molecule is Cn1cc(-c2ccc3scc(-c4cc5ncccn5n4)c3n2)cn1. The third-order valence-electron chi connectivity index (χ3n) is 3.93. The van der Waals surface area contributed by atoms with Crippen molar-refractivity contribution in [1.82, 2.24) is 29.4 Å². The molecule has 5 aromatic heterocycles. The summed E-state index contributed by atoms with van der Waals surface area (Å²) in [5.74, 6) is 0. The number of aromatic nitrogens is 6. The van der Waals surface area contributed by atoms with E-state index in [0.29, 0.717) is 0 Å². The lowest BCUT2D eigenvalue weighted by atomic mass is 10.1. The van der Waals surface area contributed by atoms with E-state index in [4.69, 9.17) is 4.98 Å². The van der Waals surface area contributed by atoms with Crippen molar-refractivity contribution >= 4 is 27.2 Å². The van der Waals surface area contributed by atoms with E-state index in [1.54, 1.807) is 26.7 Å². The fraction of sp³-hybridized carbons (Fsp3) is 0.0588. The molecule has 5 rings (SSSR count). The topological polar surface area (TPSA) is 60.9 Å². The molecule has 0 atom stereocenters. The highest BCUT2D eigenvalue weighted by molar-refractivity contribution is 7.17. The second kappa shape index (κ2) is 4.97. The van der Waals surface area contributed by atoms with Gasteiger partial charge in [-0.3, -0.25) is 4.68 Å². The monoisotopic (exact) mass is 332 g/mol. The first kappa shape index (κ1) is 13.4. The number of fused-ring (bicyclic) bond motifs is 2. The van der Waals surface area contributed by atoms with Gasteiger partial charge in [-0.15, -0.1) is 11.3 Å². The molecule has 0 unspecified atom stereocenters. The van der Waals surface area contributed by atoms with E-state index in [2.05, 4.69) is 26.6 Å². The van der Waals surface area contributed by atoms with Gasteiger partial charge in [0.1, 0.15) is 0 Å². The number of nitrogens with zero attached hydrogens (tertiary/aromatic N) is 6. The molecule has 0 amide bonds. The van der Waals surface area contributed by atoms with Crippen molar-refractivity contribution in [3.8, 4) is 22.5 Å². The Bertz CT molecular complexity index is 1150. The fourth-order valence-electron chi connectivity index (χ4n) is 2.77. The first-order chi connectivity index (χ1) is 11.8. The molecule has 0 fully saturated rings. The van der Waals surface area contributed by atoms with Crippen LogP contribution in [0.5, 0.6) is 0 Å². The summed E-state index contributed by atoms with van der Waals surface area (Å²) >= 11 is 1.67. The van der Waals surface area contributed by atoms with Crippen molar-refractivity contribution in [3.05, 3.63) is 54.4 Å². The molecule has 0 aromatic carbocycles. The number of aryl methyl sites for hydroxylation is 1. The normalized spacial score (nSPS) is 11.5. The van der Waals surface area contributed by atoms with Crippen molar-refractivity contribution in [3.63, 3.8) is 0 Å². The van der Waals surface area contributed by atoms with Gasteiger partial charge in [-0.25, -0.2) is 14.5 Å². The summed E-state index contributed by atoms with van der Waals surface area (Å²) < 4.78 is 4.70. The van der Waals surface area contributed by atoms with Crippen molar-refractivity contribution in [2.24, 2.45) is 7.05 Å². The number of hydrogen-bond acceptors (Lipinski definition) is 5. The molecule has 0 spiro atoms. The molecular formula is C17H12N6S. The summed E-state index contributed by atoms with van der Waals surface area (Å²) in [6, 6.07) is 7.99. The standard InChI is InChI=1S/C17H12N6S/c1-22-9-11(8-19-22)13-3-4-15-17(20-13)12(10-24-15)14-7-16-18-5-2-6-23(16)21-14/h2-10H,1H3. The number of thiophene rings is 1. The Balaban J connectivity index is 1.70. The van der Waals surface area contributed by atoms with Crippen molar-refractivity contribution < 1.29 is 0 Å². The van der Waals surface area contributed by atoms with E-state index >= 15 is 0 Å². The highest BCUT2D eigenvalue weighted by Crippen LogP contribution is 2.33. The van der Waals surface area contributed by atoms with Gasteiger partial charge in [0.2, 0.25) is 0 Å². The van der Waals surface area contributed by atoms with Crippen molar-refractivity contribution in [2.45, 2.75) is 0 Å². The van der Waals surface area contributed by atoms with Crippen molar-refractivity contribution in [2.75, 3.05) is 0 Å². The molecule has 0 saturated heterocycles. The van der Waals surface area contributed by atoms with Gasteiger partial charge in [0.15, 0.2) is 5.65 Å². The van der Waals surface area contributed by atoms with Gasteiger partial charge < -0.3 is 0 Å². The molecular weight excluding hydrogens is 320 g/mol. The highest BCUT2D eigenvalue weighted by Gasteiger charge is 2.13. The maximum Gasteiger partial charge on any atom is 0.155 e. The van der Waals surface area contributed by atoms with Gasteiger partial charge in [-0.2, -0.15) is 10.2 Å². The Morgan fingerprint density at radius 1 is 1.17 bits per heavy atom. The third-order valence-corrected chi connectivity index (χ3v) is 4.87. The smallest absolute Gasteiger partial charge is 0.155 e. The molecule has 0 aliphatic rings. The summed E-state index contributed by atoms with van der Waals surface area (Å²) in [6.45, 7) is 0. The molecule has 6 nitrogen and oxygen atoms in total. The predicted octanol–water partition coefficient (Wildman–Crippen LogP) is 3.41. The maximum absolute atomic E-state index is 4.85. The van der Waals surface area contributed by atoms with Crippen LogP contribution in [0, 0.1) is 0 Å². The summed E-state index contributed by atoms with van der Waals surface area (Å²) in [7, 11) is 1.90. The average molecular weight is 332 g/mol. The van der Waals surface area contributed by atoms with E-state index in [-0.39, 0.29) is 0 Å². The minimum atomic E-state index is 0.829.